The number of piperidine rings is 1. The molecule has 3 heterocycles. The number of carboxylic acids is 1. The first kappa shape index (κ1) is 26.3. The van der Waals surface area contributed by atoms with Crippen LogP contribution in [0.25, 0.3) is 0 Å². The standard InChI is InChI=1S/C27H35Cl2N5O3/c1-16(21-7-6-19(28)9-22(21)29)30-23-10-24(37-3)32-26(31-23)34-14-18(15-34)17-5-4-8-33(13-17)20-11-27(2,12-20)25(35)36/h6-7,9-10,16-18,20H,4-5,8,11-15H2,1-3H3,(H,35,36)(H,30,31,32)/t16-,17+,20-,27-/m1/s1. The fourth-order valence-electron chi connectivity index (χ4n) is 6.03. The van der Waals surface area contributed by atoms with Gasteiger partial charge in [-0.15, -0.1) is 0 Å². The summed E-state index contributed by atoms with van der Waals surface area (Å²) >= 11 is 12.5. The first-order valence-corrected chi connectivity index (χ1v) is 13.8. The van der Waals surface area contributed by atoms with Crippen molar-refractivity contribution in [2.24, 2.45) is 17.3 Å². The predicted molar refractivity (Wildman–Crippen MR) is 146 cm³/mol. The fraction of sp³-hybridized carbons (Fsp3) is 0.593. The van der Waals surface area contributed by atoms with Gasteiger partial charge in [0.25, 0.3) is 0 Å². The Bertz CT molecular complexity index is 1150. The van der Waals surface area contributed by atoms with Crippen LogP contribution in [0.15, 0.2) is 24.3 Å². The van der Waals surface area contributed by atoms with E-state index in [4.69, 9.17) is 32.9 Å². The van der Waals surface area contributed by atoms with Gasteiger partial charge in [0.1, 0.15) is 5.82 Å². The minimum absolute atomic E-state index is 0.0796. The number of carbonyl (C=O) groups is 1. The normalized spacial score (nSPS) is 27.2. The first-order chi connectivity index (χ1) is 17.6. The number of nitrogens with zero attached hydrogens (tertiary/aromatic N) is 4. The third-order valence-electron chi connectivity index (χ3n) is 8.45. The Hall–Kier alpha value is -2.29. The van der Waals surface area contributed by atoms with Crippen LogP contribution in [0, 0.1) is 17.3 Å². The zero-order chi connectivity index (χ0) is 26.3. The molecule has 0 amide bonds. The topological polar surface area (TPSA) is 90.8 Å². The Morgan fingerprint density at radius 1 is 1.19 bits per heavy atom. The van der Waals surface area contributed by atoms with E-state index in [2.05, 4.69) is 20.1 Å². The van der Waals surface area contributed by atoms with E-state index in [1.165, 1.54) is 12.8 Å². The van der Waals surface area contributed by atoms with Crippen LogP contribution in [0.3, 0.4) is 0 Å². The van der Waals surface area contributed by atoms with E-state index < -0.39 is 11.4 Å². The summed E-state index contributed by atoms with van der Waals surface area (Å²) in [6, 6.07) is 7.61. The van der Waals surface area contributed by atoms with Crippen molar-refractivity contribution in [2.45, 2.75) is 51.6 Å². The number of halogens is 2. The van der Waals surface area contributed by atoms with Crippen molar-refractivity contribution in [3.05, 3.63) is 39.9 Å². The maximum atomic E-state index is 11.5. The molecule has 2 N–H and O–H groups in total. The minimum Gasteiger partial charge on any atom is -0.481 e. The van der Waals surface area contributed by atoms with Crippen LogP contribution in [-0.2, 0) is 4.79 Å². The lowest BCUT2D eigenvalue weighted by Crippen LogP contribution is -2.58. The van der Waals surface area contributed by atoms with Crippen molar-refractivity contribution in [2.75, 3.05) is 43.5 Å². The van der Waals surface area contributed by atoms with Gasteiger partial charge in [0.05, 0.1) is 18.6 Å². The molecule has 0 spiro atoms. The molecule has 200 valence electrons. The summed E-state index contributed by atoms with van der Waals surface area (Å²) in [6.07, 6.45) is 3.93. The van der Waals surface area contributed by atoms with E-state index in [0.29, 0.717) is 45.6 Å². The number of rotatable bonds is 8. The molecular formula is C27H35Cl2N5O3. The lowest BCUT2D eigenvalue weighted by atomic mass is 9.65. The molecule has 0 bridgehead atoms. The summed E-state index contributed by atoms with van der Waals surface area (Å²) in [5.74, 6) is 2.41. The van der Waals surface area contributed by atoms with E-state index in [1.807, 2.05) is 26.0 Å². The number of hydrogen-bond donors (Lipinski definition) is 2. The molecule has 3 aliphatic rings. The van der Waals surface area contributed by atoms with Crippen LogP contribution in [0.4, 0.5) is 11.8 Å². The smallest absolute Gasteiger partial charge is 0.309 e. The molecule has 1 aromatic carbocycles. The molecule has 2 aliphatic heterocycles. The van der Waals surface area contributed by atoms with E-state index >= 15 is 0 Å². The number of carboxylic acid groups (broad SMARTS) is 1. The van der Waals surface area contributed by atoms with Crippen LogP contribution in [0.5, 0.6) is 5.88 Å². The molecular weight excluding hydrogens is 513 g/mol. The summed E-state index contributed by atoms with van der Waals surface area (Å²) in [5.41, 5.74) is 0.391. The number of nitrogens with one attached hydrogen (secondary N) is 1. The molecule has 1 aliphatic carbocycles. The average molecular weight is 549 g/mol. The molecule has 2 saturated heterocycles. The molecule has 0 unspecified atom stereocenters. The number of anilines is 2. The van der Waals surface area contributed by atoms with Crippen molar-refractivity contribution >= 4 is 40.9 Å². The number of methoxy groups -OCH3 is 1. The lowest BCUT2D eigenvalue weighted by Gasteiger charge is -2.52. The zero-order valence-electron chi connectivity index (χ0n) is 21.6. The van der Waals surface area contributed by atoms with E-state index in [1.54, 1.807) is 19.2 Å². The summed E-state index contributed by atoms with van der Waals surface area (Å²) in [5, 5.41) is 14.1. The predicted octanol–water partition coefficient (Wildman–Crippen LogP) is 5.37. The summed E-state index contributed by atoms with van der Waals surface area (Å²) in [7, 11) is 1.61. The molecule has 1 saturated carbocycles. The van der Waals surface area contributed by atoms with Crippen LogP contribution >= 0.6 is 23.2 Å². The molecule has 10 heteroatoms. The summed E-state index contributed by atoms with van der Waals surface area (Å²) < 4.78 is 5.47. The van der Waals surface area contributed by atoms with Gasteiger partial charge in [0.2, 0.25) is 11.8 Å². The van der Waals surface area contributed by atoms with E-state index in [9.17, 15) is 9.90 Å². The lowest BCUT2D eigenvalue weighted by molar-refractivity contribution is -0.158. The van der Waals surface area contributed by atoms with Crippen LogP contribution in [0.1, 0.15) is 51.1 Å². The Morgan fingerprint density at radius 3 is 2.62 bits per heavy atom. The first-order valence-electron chi connectivity index (χ1n) is 13.0. The second-order valence-electron chi connectivity index (χ2n) is 11.1. The maximum absolute atomic E-state index is 11.5. The molecule has 0 radical (unpaired) electrons. The van der Waals surface area contributed by atoms with Crippen molar-refractivity contribution in [3.63, 3.8) is 0 Å². The number of likely N-dealkylation sites (tertiary alicyclic amines) is 1. The fourth-order valence-corrected chi connectivity index (χ4v) is 6.60. The highest BCUT2D eigenvalue weighted by atomic mass is 35.5. The minimum atomic E-state index is -0.662. The largest absolute Gasteiger partial charge is 0.481 e. The molecule has 3 fully saturated rings. The van der Waals surface area contributed by atoms with Crippen molar-refractivity contribution in [1.82, 2.24) is 14.9 Å². The number of aromatic nitrogens is 2. The molecule has 37 heavy (non-hydrogen) atoms. The Balaban J connectivity index is 1.20. The number of hydrogen-bond acceptors (Lipinski definition) is 7. The van der Waals surface area contributed by atoms with E-state index in [-0.39, 0.29) is 6.04 Å². The van der Waals surface area contributed by atoms with Crippen LogP contribution < -0.4 is 15.0 Å². The van der Waals surface area contributed by atoms with Crippen molar-refractivity contribution in [3.8, 4) is 5.88 Å². The maximum Gasteiger partial charge on any atom is 0.309 e. The van der Waals surface area contributed by atoms with Gasteiger partial charge in [-0.2, -0.15) is 9.97 Å². The molecule has 8 nitrogen and oxygen atoms in total. The number of benzene rings is 1. The summed E-state index contributed by atoms with van der Waals surface area (Å²) in [4.78, 5) is 25.6. The molecule has 5 rings (SSSR count). The van der Waals surface area contributed by atoms with Gasteiger partial charge < -0.3 is 25.0 Å². The second kappa shape index (κ2) is 10.5. The Morgan fingerprint density at radius 2 is 1.95 bits per heavy atom. The van der Waals surface area contributed by atoms with Gasteiger partial charge in [-0.25, -0.2) is 0 Å². The van der Waals surface area contributed by atoms with Gasteiger partial charge in [-0.1, -0.05) is 29.3 Å². The Labute approximate surface area is 228 Å². The number of ether oxygens (including phenoxy) is 1. The zero-order valence-corrected chi connectivity index (χ0v) is 23.1. The van der Waals surface area contributed by atoms with Gasteiger partial charge in [-0.3, -0.25) is 4.79 Å². The quantitative estimate of drug-likeness (QED) is 0.456. The van der Waals surface area contributed by atoms with Crippen LogP contribution in [-0.4, -0.2) is 65.3 Å². The van der Waals surface area contributed by atoms with Crippen molar-refractivity contribution < 1.29 is 14.6 Å². The highest BCUT2D eigenvalue weighted by molar-refractivity contribution is 6.35. The Kier molecular flexibility index (Phi) is 7.44. The molecule has 2 atom stereocenters. The average Bonchev–Trinajstić information content (AvgIpc) is 2.81. The third kappa shape index (κ3) is 5.47. The third-order valence-corrected chi connectivity index (χ3v) is 9.01. The summed E-state index contributed by atoms with van der Waals surface area (Å²) in [6.45, 7) is 7.88. The second-order valence-corrected chi connectivity index (χ2v) is 12.0. The van der Waals surface area contributed by atoms with Gasteiger partial charge >= 0.3 is 5.97 Å². The van der Waals surface area contributed by atoms with Gasteiger partial charge in [-0.05, 0) is 75.6 Å². The highest BCUT2D eigenvalue weighted by Gasteiger charge is 2.49. The van der Waals surface area contributed by atoms with Gasteiger partial charge in [0.15, 0.2) is 0 Å². The number of aliphatic carboxylic acids is 1. The molecule has 1 aromatic heterocycles. The van der Waals surface area contributed by atoms with Crippen molar-refractivity contribution in [1.29, 1.82) is 0 Å². The monoisotopic (exact) mass is 547 g/mol. The van der Waals surface area contributed by atoms with Crippen LogP contribution in [0.2, 0.25) is 10.0 Å². The molecule has 2 aromatic rings. The van der Waals surface area contributed by atoms with E-state index in [0.717, 1.165) is 44.6 Å². The highest BCUT2D eigenvalue weighted by Crippen LogP contribution is 2.45. The SMILES string of the molecule is COc1cc(N[C@H](C)c2ccc(Cl)cc2Cl)nc(N2CC([C@H]3CCCN([C@H]4C[C@](C)(C(=O)O)C4)C3)C2)n1. The van der Waals surface area contributed by atoms with Gasteiger partial charge in [0, 0.05) is 41.8 Å².